The van der Waals surface area contributed by atoms with E-state index in [2.05, 4.69) is 4.90 Å². The molecule has 0 aromatic heterocycles. The molecule has 0 spiro atoms. The van der Waals surface area contributed by atoms with Gasteiger partial charge in [0.1, 0.15) is 5.75 Å². The first-order chi connectivity index (χ1) is 9.04. The number of benzene rings is 1. The lowest BCUT2D eigenvalue weighted by atomic mass is 10.1. The Morgan fingerprint density at radius 1 is 1.32 bits per heavy atom. The quantitative estimate of drug-likeness (QED) is 0.865. The normalized spacial score (nSPS) is 19.3. The third-order valence-corrected chi connectivity index (χ3v) is 5.02. The molecule has 0 atom stereocenters. The zero-order valence-electron chi connectivity index (χ0n) is 11.1. The summed E-state index contributed by atoms with van der Waals surface area (Å²) in [5, 5.41) is 0. The third kappa shape index (κ3) is 3.68. The highest BCUT2D eigenvalue weighted by molar-refractivity contribution is 7.91. The van der Waals surface area contributed by atoms with Gasteiger partial charge in [0, 0.05) is 31.7 Å². The Morgan fingerprint density at radius 2 is 2.00 bits per heavy atom. The summed E-state index contributed by atoms with van der Waals surface area (Å²) in [4.78, 5) is 2.14. The standard InChI is InChI=1S/C13H20N2O3S/c1-18-13-3-2-11(9-14)8-12(13)10-15-4-6-19(16,17)7-5-15/h2-3,8H,4-7,9-10,14H2,1H3. The van der Waals surface area contributed by atoms with E-state index in [9.17, 15) is 8.42 Å². The number of nitrogens with zero attached hydrogens (tertiary/aromatic N) is 1. The van der Waals surface area contributed by atoms with E-state index in [1.807, 2.05) is 18.2 Å². The smallest absolute Gasteiger partial charge is 0.152 e. The van der Waals surface area contributed by atoms with Crippen LogP contribution in [0.4, 0.5) is 0 Å². The fourth-order valence-corrected chi connectivity index (χ4v) is 3.51. The number of methoxy groups -OCH3 is 1. The molecule has 1 aromatic carbocycles. The van der Waals surface area contributed by atoms with Crippen LogP contribution in [0.2, 0.25) is 0 Å². The highest BCUT2D eigenvalue weighted by Gasteiger charge is 2.22. The zero-order chi connectivity index (χ0) is 13.9. The Labute approximate surface area is 114 Å². The molecule has 19 heavy (non-hydrogen) atoms. The molecule has 1 heterocycles. The van der Waals surface area contributed by atoms with Crippen LogP contribution < -0.4 is 10.5 Å². The van der Waals surface area contributed by atoms with E-state index in [4.69, 9.17) is 10.5 Å². The van der Waals surface area contributed by atoms with Crippen LogP contribution in [0.3, 0.4) is 0 Å². The fourth-order valence-electron chi connectivity index (χ4n) is 2.23. The molecule has 0 saturated carbocycles. The molecule has 5 nitrogen and oxygen atoms in total. The van der Waals surface area contributed by atoms with Crippen LogP contribution in [0.25, 0.3) is 0 Å². The number of hydrogen-bond donors (Lipinski definition) is 1. The van der Waals surface area contributed by atoms with Gasteiger partial charge in [0.15, 0.2) is 9.84 Å². The Hall–Kier alpha value is -1.11. The van der Waals surface area contributed by atoms with E-state index < -0.39 is 9.84 Å². The number of nitrogens with two attached hydrogens (primary N) is 1. The topological polar surface area (TPSA) is 72.6 Å². The van der Waals surface area contributed by atoms with Crippen molar-refractivity contribution in [3.63, 3.8) is 0 Å². The molecule has 2 N–H and O–H groups in total. The molecule has 1 saturated heterocycles. The van der Waals surface area contributed by atoms with Gasteiger partial charge < -0.3 is 10.5 Å². The van der Waals surface area contributed by atoms with E-state index in [1.165, 1.54) is 0 Å². The summed E-state index contributed by atoms with van der Waals surface area (Å²) in [5.41, 5.74) is 7.76. The molecule has 1 fully saturated rings. The fraction of sp³-hybridized carbons (Fsp3) is 0.538. The molecule has 0 amide bonds. The lowest BCUT2D eigenvalue weighted by Gasteiger charge is -2.27. The van der Waals surface area contributed by atoms with Crippen LogP contribution in [-0.2, 0) is 22.9 Å². The number of ether oxygens (including phenoxy) is 1. The van der Waals surface area contributed by atoms with Crippen molar-refractivity contribution in [2.45, 2.75) is 13.1 Å². The molecule has 0 unspecified atom stereocenters. The van der Waals surface area contributed by atoms with Gasteiger partial charge in [0.2, 0.25) is 0 Å². The molecule has 2 rings (SSSR count). The number of sulfone groups is 1. The summed E-state index contributed by atoms with van der Waals surface area (Å²) in [5.74, 6) is 1.31. The van der Waals surface area contributed by atoms with E-state index in [-0.39, 0.29) is 11.5 Å². The maximum atomic E-state index is 11.4. The Kier molecular flexibility index (Phi) is 4.44. The summed E-state index contributed by atoms with van der Waals surface area (Å²) in [6.07, 6.45) is 0. The maximum Gasteiger partial charge on any atom is 0.152 e. The van der Waals surface area contributed by atoms with Crippen molar-refractivity contribution in [1.82, 2.24) is 4.90 Å². The molecule has 0 aliphatic carbocycles. The minimum absolute atomic E-state index is 0.242. The SMILES string of the molecule is COc1ccc(CN)cc1CN1CCS(=O)(=O)CC1. The van der Waals surface area contributed by atoms with Crippen molar-refractivity contribution in [2.24, 2.45) is 5.73 Å². The Morgan fingerprint density at radius 3 is 2.58 bits per heavy atom. The second-order valence-electron chi connectivity index (χ2n) is 4.78. The van der Waals surface area contributed by atoms with Crippen molar-refractivity contribution in [3.05, 3.63) is 29.3 Å². The molecular weight excluding hydrogens is 264 g/mol. The molecular formula is C13H20N2O3S. The van der Waals surface area contributed by atoms with Crippen LogP contribution in [0, 0.1) is 0 Å². The molecule has 6 heteroatoms. The first-order valence-corrected chi connectivity index (χ1v) is 8.15. The minimum atomic E-state index is -2.83. The molecule has 1 aliphatic rings. The predicted octanol–water partition coefficient (Wildman–Crippen LogP) is 0.384. The Bertz CT molecular complexity index is 529. The number of rotatable bonds is 4. The lowest BCUT2D eigenvalue weighted by molar-refractivity contribution is 0.281. The Balaban J connectivity index is 2.10. The molecule has 0 bridgehead atoms. The summed E-state index contributed by atoms with van der Waals surface area (Å²) in [6, 6.07) is 5.89. The van der Waals surface area contributed by atoms with Crippen LogP contribution in [-0.4, -0.2) is 45.0 Å². The van der Waals surface area contributed by atoms with Gasteiger partial charge >= 0.3 is 0 Å². The summed E-state index contributed by atoms with van der Waals surface area (Å²) >= 11 is 0. The van der Waals surface area contributed by atoms with Crippen LogP contribution in [0.5, 0.6) is 5.75 Å². The van der Waals surface area contributed by atoms with E-state index in [0.717, 1.165) is 16.9 Å². The van der Waals surface area contributed by atoms with Gasteiger partial charge in [-0.15, -0.1) is 0 Å². The summed E-state index contributed by atoms with van der Waals surface area (Å²) in [7, 11) is -1.19. The van der Waals surface area contributed by atoms with Gasteiger partial charge in [0.25, 0.3) is 0 Å². The van der Waals surface area contributed by atoms with Gasteiger partial charge in [-0.2, -0.15) is 0 Å². The van der Waals surface area contributed by atoms with E-state index >= 15 is 0 Å². The van der Waals surface area contributed by atoms with Crippen molar-refractivity contribution in [3.8, 4) is 5.75 Å². The average Bonchev–Trinajstić information content (AvgIpc) is 2.41. The summed E-state index contributed by atoms with van der Waals surface area (Å²) < 4.78 is 28.1. The highest BCUT2D eigenvalue weighted by atomic mass is 32.2. The molecule has 1 aromatic rings. The van der Waals surface area contributed by atoms with Crippen molar-refractivity contribution >= 4 is 9.84 Å². The molecule has 1 aliphatic heterocycles. The number of hydrogen-bond acceptors (Lipinski definition) is 5. The van der Waals surface area contributed by atoms with Gasteiger partial charge in [-0.05, 0) is 17.7 Å². The van der Waals surface area contributed by atoms with Gasteiger partial charge in [-0.1, -0.05) is 6.07 Å². The van der Waals surface area contributed by atoms with E-state index in [1.54, 1.807) is 7.11 Å². The molecule has 0 radical (unpaired) electrons. The second kappa shape index (κ2) is 5.90. The third-order valence-electron chi connectivity index (χ3n) is 3.41. The van der Waals surface area contributed by atoms with Crippen molar-refractivity contribution in [1.29, 1.82) is 0 Å². The van der Waals surface area contributed by atoms with Gasteiger partial charge in [-0.3, -0.25) is 4.90 Å². The second-order valence-corrected chi connectivity index (χ2v) is 7.08. The van der Waals surface area contributed by atoms with Crippen LogP contribution >= 0.6 is 0 Å². The highest BCUT2D eigenvalue weighted by Crippen LogP contribution is 2.22. The van der Waals surface area contributed by atoms with Crippen LogP contribution in [0.15, 0.2) is 18.2 Å². The maximum absolute atomic E-state index is 11.4. The van der Waals surface area contributed by atoms with Crippen molar-refractivity contribution < 1.29 is 13.2 Å². The monoisotopic (exact) mass is 284 g/mol. The zero-order valence-corrected chi connectivity index (χ0v) is 11.9. The summed E-state index contributed by atoms with van der Waals surface area (Å²) in [6.45, 7) is 2.36. The molecule has 106 valence electrons. The largest absolute Gasteiger partial charge is 0.496 e. The van der Waals surface area contributed by atoms with E-state index in [0.29, 0.717) is 26.2 Å². The lowest BCUT2D eigenvalue weighted by Crippen LogP contribution is -2.39. The average molecular weight is 284 g/mol. The first kappa shape index (κ1) is 14.3. The first-order valence-electron chi connectivity index (χ1n) is 6.33. The van der Waals surface area contributed by atoms with Crippen molar-refractivity contribution in [2.75, 3.05) is 31.7 Å². The van der Waals surface area contributed by atoms with Gasteiger partial charge in [-0.25, -0.2) is 8.42 Å². The van der Waals surface area contributed by atoms with Gasteiger partial charge in [0.05, 0.1) is 18.6 Å². The van der Waals surface area contributed by atoms with Crippen LogP contribution in [0.1, 0.15) is 11.1 Å². The minimum Gasteiger partial charge on any atom is -0.496 e. The predicted molar refractivity (Wildman–Crippen MR) is 74.8 cm³/mol.